The Kier molecular flexibility index (Phi) is 7.17. The van der Waals surface area contributed by atoms with E-state index in [0.717, 1.165) is 19.6 Å². The lowest BCUT2D eigenvalue weighted by molar-refractivity contribution is -0.896. The first-order valence-corrected chi connectivity index (χ1v) is 11.7. The smallest absolute Gasteiger partial charge is 0.295 e. The Balaban J connectivity index is 1.72. The summed E-state index contributed by atoms with van der Waals surface area (Å²) in [6, 6.07) is 9.76. The molecule has 180 valence electrons. The molecule has 0 spiro atoms. The highest BCUT2D eigenvalue weighted by molar-refractivity contribution is 6.46. The number of fused-ring (bicyclic) bond motifs is 1. The minimum absolute atomic E-state index is 0.0107. The number of carbonyl (C=O) groups is 2. The van der Waals surface area contributed by atoms with Gasteiger partial charge in [-0.1, -0.05) is 12.1 Å². The number of nitrogens with one attached hydrogen (secondary N) is 1. The van der Waals surface area contributed by atoms with Gasteiger partial charge in [0.05, 0.1) is 31.2 Å². The zero-order chi connectivity index (χ0) is 24.2. The SMILES string of the molecule is CC[NH+](CC)CCCN1C(=O)C(=O)C(=C(O)c2ccc3c(c2)OCCO3)C1c1ccc(F)cc1. The number of quaternary nitrogens is 1. The van der Waals surface area contributed by atoms with Gasteiger partial charge in [0.2, 0.25) is 0 Å². The molecule has 1 unspecified atom stereocenters. The summed E-state index contributed by atoms with van der Waals surface area (Å²) in [5.41, 5.74) is 0.903. The van der Waals surface area contributed by atoms with Crippen molar-refractivity contribution in [2.75, 3.05) is 39.4 Å². The zero-order valence-corrected chi connectivity index (χ0v) is 19.5. The molecule has 34 heavy (non-hydrogen) atoms. The number of aliphatic hydroxyl groups excluding tert-OH is 1. The van der Waals surface area contributed by atoms with Crippen LogP contribution in [0.4, 0.5) is 4.39 Å². The molecule has 8 heteroatoms. The molecule has 0 saturated carbocycles. The Hall–Kier alpha value is -3.39. The van der Waals surface area contributed by atoms with Crippen molar-refractivity contribution in [1.29, 1.82) is 0 Å². The van der Waals surface area contributed by atoms with E-state index in [2.05, 4.69) is 13.8 Å². The maximum Gasteiger partial charge on any atom is 0.295 e. The summed E-state index contributed by atoms with van der Waals surface area (Å²) in [4.78, 5) is 29.1. The predicted octanol–water partition coefficient (Wildman–Crippen LogP) is 2.33. The highest BCUT2D eigenvalue weighted by Crippen LogP contribution is 2.41. The molecule has 4 rings (SSSR count). The lowest BCUT2D eigenvalue weighted by atomic mass is 9.95. The third-order valence-corrected chi connectivity index (χ3v) is 6.47. The molecule has 0 bridgehead atoms. The van der Waals surface area contributed by atoms with Gasteiger partial charge in [-0.15, -0.1) is 0 Å². The third kappa shape index (κ3) is 4.63. The summed E-state index contributed by atoms with van der Waals surface area (Å²) in [6.45, 7) is 8.19. The van der Waals surface area contributed by atoms with Crippen LogP contribution < -0.4 is 14.4 Å². The fourth-order valence-corrected chi connectivity index (χ4v) is 4.55. The van der Waals surface area contributed by atoms with Crippen molar-refractivity contribution >= 4 is 17.4 Å². The van der Waals surface area contributed by atoms with E-state index in [1.165, 1.54) is 21.9 Å². The van der Waals surface area contributed by atoms with Crippen molar-refractivity contribution in [2.24, 2.45) is 0 Å². The molecule has 0 aromatic heterocycles. The lowest BCUT2D eigenvalue weighted by Gasteiger charge is -2.26. The van der Waals surface area contributed by atoms with Crippen LogP contribution in [0.5, 0.6) is 11.5 Å². The van der Waals surface area contributed by atoms with Gasteiger partial charge in [-0.3, -0.25) is 9.59 Å². The van der Waals surface area contributed by atoms with Gasteiger partial charge in [0.25, 0.3) is 11.7 Å². The van der Waals surface area contributed by atoms with E-state index in [4.69, 9.17) is 9.47 Å². The molecule has 0 radical (unpaired) electrons. The van der Waals surface area contributed by atoms with Crippen LogP contribution in [0, 0.1) is 5.82 Å². The van der Waals surface area contributed by atoms with E-state index in [-0.39, 0.29) is 11.3 Å². The van der Waals surface area contributed by atoms with Crippen LogP contribution in [0.2, 0.25) is 0 Å². The second-order valence-corrected chi connectivity index (χ2v) is 8.46. The van der Waals surface area contributed by atoms with Crippen LogP contribution >= 0.6 is 0 Å². The second-order valence-electron chi connectivity index (χ2n) is 8.46. The van der Waals surface area contributed by atoms with E-state index < -0.39 is 23.5 Å². The van der Waals surface area contributed by atoms with Crippen molar-refractivity contribution in [3.8, 4) is 11.5 Å². The largest absolute Gasteiger partial charge is 0.507 e. The number of hydrogen-bond acceptors (Lipinski definition) is 5. The highest BCUT2D eigenvalue weighted by Gasteiger charge is 2.46. The van der Waals surface area contributed by atoms with Crippen molar-refractivity contribution in [3.63, 3.8) is 0 Å². The maximum absolute atomic E-state index is 13.6. The van der Waals surface area contributed by atoms with Crippen LogP contribution in [-0.2, 0) is 9.59 Å². The first-order chi connectivity index (χ1) is 16.4. The Labute approximate surface area is 198 Å². The van der Waals surface area contributed by atoms with Crippen LogP contribution in [-0.4, -0.2) is 61.1 Å². The first-order valence-electron chi connectivity index (χ1n) is 11.7. The van der Waals surface area contributed by atoms with E-state index >= 15 is 0 Å². The molecule has 7 nitrogen and oxygen atoms in total. The van der Waals surface area contributed by atoms with Crippen LogP contribution in [0.15, 0.2) is 48.0 Å². The Morgan fingerprint density at radius 3 is 2.41 bits per heavy atom. The number of Topliss-reactive ketones (excluding diaryl/α,β-unsaturated/α-hetero) is 1. The van der Waals surface area contributed by atoms with Gasteiger partial charge >= 0.3 is 0 Å². The number of hydrogen-bond donors (Lipinski definition) is 2. The molecule has 1 amide bonds. The number of nitrogens with zero attached hydrogens (tertiary/aromatic N) is 1. The average Bonchev–Trinajstić information content (AvgIpc) is 3.11. The number of ketones is 1. The van der Waals surface area contributed by atoms with Crippen molar-refractivity contribution in [2.45, 2.75) is 26.3 Å². The molecule has 1 atom stereocenters. The van der Waals surface area contributed by atoms with E-state index in [9.17, 15) is 19.1 Å². The summed E-state index contributed by atoms with van der Waals surface area (Å²) in [5, 5.41) is 11.2. The highest BCUT2D eigenvalue weighted by atomic mass is 19.1. The first kappa shape index (κ1) is 23.8. The number of carbonyl (C=O) groups excluding carboxylic acids is 2. The van der Waals surface area contributed by atoms with Gasteiger partial charge in [-0.05, 0) is 49.7 Å². The van der Waals surface area contributed by atoms with Crippen LogP contribution in [0.25, 0.3) is 5.76 Å². The average molecular weight is 470 g/mol. The number of amides is 1. The minimum Gasteiger partial charge on any atom is -0.507 e. The Morgan fingerprint density at radius 2 is 1.74 bits per heavy atom. The maximum atomic E-state index is 13.6. The van der Waals surface area contributed by atoms with Gasteiger partial charge in [0, 0.05) is 18.5 Å². The van der Waals surface area contributed by atoms with Crippen molar-refractivity contribution in [1.82, 2.24) is 4.90 Å². The van der Waals surface area contributed by atoms with E-state index in [0.29, 0.717) is 48.8 Å². The molecule has 2 aromatic rings. The summed E-state index contributed by atoms with van der Waals surface area (Å²) < 4.78 is 24.8. The van der Waals surface area contributed by atoms with E-state index in [1.807, 2.05) is 0 Å². The molecular formula is C26H30FN2O5+. The second kappa shape index (κ2) is 10.3. The number of aliphatic hydroxyl groups is 1. The van der Waals surface area contributed by atoms with E-state index in [1.54, 1.807) is 30.3 Å². The molecule has 1 saturated heterocycles. The van der Waals surface area contributed by atoms with Crippen molar-refractivity contribution < 1.29 is 33.5 Å². The third-order valence-electron chi connectivity index (χ3n) is 6.47. The number of halogens is 1. The summed E-state index contributed by atoms with van der Waals surface area (Å²) >= 11 is 0. The topological polar surface area (TPSA) is 80.5 Å². The van der Waals surface area contributed by atoms with Crippen LogP contribution in [0.1, 0.15) is 37.4 Å². The number of benzene rings is 2. The molecule has 2 heterocycles. The Morgan fingerprint density at radius 1 is 1.06 bits per heavy atom. The number of ether oxygens (including phenoxy) is 2. The quantitative estimate of drug-likeness (QED) is 0.353. The van der Waals surface area contributed by atoms with Crippen LogP contribution in [0.3, 0.4) is 0 Å². The summed E-state index contributed by atoms with van der Waals surface area (Å²) in [7, 11) is 0. The fourth-order valence-electron chi connectivity index (χ4n) is 4.55. The molecule has 0 aliphatic carbocycles. The van der Waals surface area contributed by atoms with Crippen molar-refractivity contribution in [3.05, 3.63) is 65.0 Å². The predicted molar refractivity (Wildman–Crippen MR) is 124 cm³/mol. The normalized spacial score (nSPS) is 19.2. The molecule has 2 N–H and O–H groups in total. The zero-order valence-electron chi connectivity index (χ0n) is 19.5. The molecule has 2 aliphatic rings. The fraction of sp³-hybridized carbons (Fsp3) is 0.385. The summed E-state index contributed by atoms with van der Waals surface area (Å²) in [5.74, 6) is -1.11. The van der Waals surface area contributed by atoms with Gasteiger partial charge in [-0.25, -0.2) is 4.39 Å². The molecular weight excluding hydrogens is 439 g/mol. The van der Waals surface area contributed by atoms with Gasteiger partial charge in [0.1, 0.15) is 24.8 Å². The standard InChI is InChI=1S/C26H29FN2O5/c1-3-28(4-2)12-5-13-29-23(17-6-9-19(27)10-7-17)22(25(31)26(29)32)24(30)18-8-11-20-21(16-18)34-15-14-33-20/h6-11,16,23,30H,3-5,12-15H2,1-2H3/p+1. The lowest BCUT2D eigenvalue weighted by Crippen LogP contribution is -3.11. The molecule has 1 fully saturated rings. The van der Waals surface area contributed by atoms with Gasteiger partial charge in [-0.2, -0.15) is 0 Å². The number of likely N-dealkylation sites (tertiary alicyclic amines) is 1. The minimum atomic E-state index is -0.805. The van der Waals surface area contributed by atoms with Gasteiger partial charge in [0.15, 0.2) is 11.5 Å². The van der Waals surface area contributed by atoms with Gasteiger partial charge < -0.3 is 24.4 Å². The Bertz CT molecular complexity index is 1090. The molecule has 2 aliphatic heterocycles. The molecule has 2 aromatic carbocycles. The monoisotopic (exact) mass is 469 g/mol. The number of rotatable bonds is 8. The summed E-state index contributed by atoms with van der Waals surface area (Å²) in [6.07, 6.45) is 0.700.